The number of amides is 2. The van der Waals surface area contributed by atoms with Crippen molar-refractivity contribution in [2.45, 2.75) is 38.7 Å². The summed E-state index contributed by atoms with van der Waals surface area (Å²) in [6.07, 6.45) is 1.66. The van der Waals surface area contributed by atoms with Crippen molar-refractivity contribution in [2.75, 3.05) is 18.5 Å². The number of rotatable bonds is 7. The molecule has 0 aliphatic carbocycles. The van der Waals surface area contributed by atoms with Crippen molar-refractivity contribution < 1.29 is 23.9 Å². The first-order valence-electron chi connectivity index (χ1n) is 12.4. The highest BCUT2D eigenvalue weighted by molar-refractivity contribution is 9.10. The fraction of sp³-hybridized carbons (Fsp3) is 0.296. The number of anilines is 1. The molecule has 1 aromatic carbocycles. The van der Waals surface area contributed by atoms with E-state index in [9.17, 15) is 23.9 Å². The predicted molar refractivity (Wildman–Crippen MR) is 147 cm³/mol. The summed E-state index contributed by atoms with van der Waals surface area (Å²) in [5.74, 6) is -0.584. The van der Waals surface area contributed by atoms with Crippen LogP contribution in [0.5, 0.6) is 0 Å². The number of carbonyl (C=O) groups is 3. The zero-order valence-electron chi connectivity index (χ0n) is 21.7. The van der Waals surface area contributed by atoms with Crippen LogP contribution in [0.15, 0.2) is 53.4 Å². The lowest BCUT2D eigenvalue weighted by Crippen LogP contribution is -2.47. The number of halogens is 2. The Hall–Kier alpha value is -4.10. The van der Waals surface area contributed by atoms with E-state index < -0.39 is 24.0 Å². The summed E-state index contributed by atoms with van der Waals surface area (Å²) >= 11 is 3.28. The zero-order chi connectivity index (χ0) is 28.6. The molecule has 11 nitrogen and oxygen atoms in total. The van der Waals surface area contributed by atoms with E-state index in [1.807, 2.05) is 0 Å². The number of benzene rings is 1. The summed E-state index contributed by atoms with van der Waals surface area (Å²) in [5.41, 5.74) is 2.11. The number of ketones is 1. The molecule has 1 N–H and O–H groups in total. The van der Waals surface area contributed by atoms with Gasteiger partial charge in [-0.25, -0.2) is 19.3 Å². The lowest BCUT2D eigenvalue weighted by Gasteiger charge is -2.27. The largest absolute Gasteiger partial charge is 0.388 e. The average Bonchev–Trinajstić information content (AvgIpc) is 3.52. The van der Waals surface area contributed by atoms with E-state index in [2.05, 4.69) is 36.0 Å². The van der Waals surface area contributed by atoms with Gasteiger partial charge in [0.15, 0.2) is 11.6 Å². The summed E-state index contributed by atoms with van der Waals surface area (Å²) in [6, 6.07) is 9.37. The van der Waals surface area contributed by atoms with Crippen molar-refractivity contribution in [1.29, 1.82) is 0 Å². The second-order valence-corrected chi connectivity index (χ2v) is 10.3. The van der Waals surface area contributed by atoms with Crippen LogP contribution < -0.4 is 4.90 Å². The normalized spacial score (nSPS) is 16.9. The summed E-state index contributed by atoms with van der Waals surface area (Å²) < 4.78 is 16.5. The molecule has 3 aromatic heterocycles. The number of aliphatic hydroxyl groups excluding tert-OH is 1. The highest BCUT2D eigenvalue weighted by atomic mass is 79.9. The number of pyridine rings is 1. The molecule has 0 unspecified atom stereocenters. The van der Waals surface area contributed by atoms with E-state index in [-0.39, 0.29) is 43.4 Å². The van der Waals surface area contributed by atoms with Gasteiger partial charge in [-0.15, -0.1) is 0 Å². The number of alkyl halides is 1. The van der Waals surface area contributed by atoms with Gasteiger partial charge in [0.25, 0.3) is 5.91 Å². The molecule has 0 spiro atoms. The first-order chi connectivity index (χ1) is 19.2. The van der Waals surface area contributed by atoms with Crippen LogP contribution in [0.3, 0.4) is 0 Å². The minimum absolute atomic E-state index is 0.123. The summed E-state index contributed by atoms with van der Waals surface area (Å²) in [7, 11) is 1.53. The molecule has 5 rings (SSSR count). The molecule has 0 bridgehead atoms. The quantitative estimate of drug-likeness (QED) is 0.250. The third-order valence-corrected chi connectivity index (χ3v) is 7.22. The van der Waals surface area contributed by atoms with Crippen molar-refractivity contribution in [1.82, 2.24) is 29.6 Å². The first-order valence-corrected chi connectivity index (χ1v) is 13.2. The van der Waals surface area contributed by atoms with Gasteiger partial charge in [-0.2, -0.15) is 5.10 Å². The number of fused-ring (bicyclic) bond motifs is 1. The Kier molecular flexibility index (Phi) is 7.68. The van der Waals surface area contributed by atoms with Crippen LogP contribution in [0.25, 0.3) is 22.0 Å². The van der Waals surface area contributed by atoms with Gasteiger partial charge in [0.1, 0.15) is 41.5 Å². The number of aliphatic hydroxyl groups is 1. The number of aromatic nitrogens is 5. The van der Waals surface area contributed by atoms with Crippen LogP contribution in [-0.2, 0) is 22.7 Å². The van der Waals surface area contributed by atoms with Crippen LogP contribution in [0.1, 0.15) is 29.7 Å². The minimum Gasteiger partial charge on any atom is -0.388 e. The number of hydrogen-bond donors (Lipinski definition) is 1. The number of Topliss-reactive ketones (excluding diaryl/α,β-unsaturated/α-hetero) is 1. The summed E-state index contributed by atoms with van der Waals surface area (Å²) in [5, 5.41) is 14.1. The molecule has 1 fully saturated rings. The Balaban J connectivity index is 1.42. The van der Waals surface area contributed by atoms with Gasteiger partial charge in [-0.3, -0.25) is 24.0 Å². The maximum atomic E-state index is 14.6. The zero-order valence-corrected chi connectivity index (χ0v) is 23.2. The summed E-state index contributed by atoms with van der Waals surface area (Å²) in [6.45, 7) is 0.599. The van der Waals surface area contributed by atoms with E-state index >= 15 is 0 Å². The summed E-state index contributed by atoms with van der Waals surface area (Å²) in [4.78, 5) is 54.2. The van der Waals surface area contributed by atoms with Crippen LogP contribution >= 0.6 is 15.9 Å². The molecular formula is C27H25BrFN7O4. The highest BCUT2D eigenvalue weighted by Gasteiger charge is 2.41. The second-order valence-electron chi connectivity index (χ2n) is 9.45. The molecule has 206 valence electrons. The number of nitrogens with zero attached hydrogens (tertiary/aromatic N) is 7. The minimum atomic E-state index is -1.36. The number of likely N-dealkylation sites (N-methyl/N-ethyl adjacent to an activating group) is 1. The van der Waals surface area contributed by atoms with Crippen LogP contribution in [0.4, 0.5) is 10.2 Å². The SMILES string of the molecule is CC(=O)c1nn(CC(=O)N2C[C@H](F)C[C@H]2C(=O)N(C)c2cccc(Br)n2)c2ccc(-c3cnc(CO)nc3)cc12. The molecule has 1 aliphatic heterocycles. The van der Waals surface area contributed by atoms with E-state index in [4.69, 9.17) is 0 Å². The van der Waals surface area contributed by atoms with Crippen molar-refractivity contribution in [3.8, 4) is 11.1 Å². The topological polar surface area (TPSA) is 134 Å². The molecule has 4 aromatic rings. The lowest BCUT2D eigenvalue weighted by molar-refractivity contribution is -0.138. The van der Waals surface area contributed by atoms with Crippen molar-refractivity contribution in [2.24, 2.45) is 0 Å². The Labute approximate surface area is 236 Å². The average molecular weight is 610 g/mol. The van der Waals surface area contributed by atoms with Crippen LogP contribution in [-0.4, -0.2) is 78.1 Å². The predicted octanol–water partition coefficient (Wildman–Crippen LogP) is 2.95. The van der Waals surface area contributed by atoms with Crippen molar-refractivity contribution >= 4 is 50.2 Å². The fourth-order valence-electron chi connectivity index (χ4n) is 4.76. The molecule has 0 radical (unpaired) electrons. The molecule has 2 amide bonds. The van der Waals surface area contributed by atoms with E-state index in [0.29, 0.717) is 26.9 Å². The molecule has 4 heterocycles. The van der Waals surface area contributed by atoms with Gasteiger partial charge in [0.05, 0.1) is 12.1 Å². The maximum Gasteiger partial charge on any atom is 0.250 e. The number of hydrogen-bond acceptors (Lipinski definition) is 8. The molecule has 0 saturated carbocycles. The highest BCUT2D eigenvalue weighted by Crippen LogP contribution is 2.28. The van der Waals surface area contributed by atoms with E-state index in [1.54, 1.807) is 48.8 Å². The number of likely N-dealkylation sites (tertiary alicyclic amines) is 1. The van der Waals surface area contributed by atoms with E-state index in [1.165, 1.54) is 28.5 Å². The van der Waals surface area contributed by atoms with Crippen LogP contribution in [0.2, 0.25) is 0 Å². The van der Waals surface area contributed by atoms with Gasteiger partial charge in [0, 0.05) is 43.7 Å². The number of carbonyl (C=O) groups excluding carboxylic acids is 3. The second kappa shape index (κ2) is 11.2. The Morgan fingerprint density at radius 1 is 1.15 bits per heavy atom. The van der Waals surface area contributed by atoms with Crippen molar-refractivity contribution in [3.05, 3.63) is 64.9 Å². The van der Waals surface area contributed by atoms with Gasteiger partial charge in [-0.1, -0.05) is 12.1 Å². The first kappa shape index (κ1) is 27.5. The molecule has 1 saturated heterocycles. The standard InChI is InChI=1S/C27H25BrFN7O4/c1-15(38)26-19-8-16(17-10-30-23(14-37)31-11-17)6-7-20(19)36(33-26)13-25(39)35-12-18(29)9-21(35)27(40)34(2)24-5-3-4-22(28)32-24/h3-8,10-11,18,21,37H,9,12-14H2,1-2H3/t18-,21+/m1/s1. The van der Waals surface area contributed by atoms with Gasteiger partial charge in [-0.05, 0) is 45.8 Å². The molecule has 13 heteroatoms. The lowest BCUT2D eigenvalue weighted by atomic mass is 10.0. The van der Waals surface area contributed by atoms with Gasteiger partial charge < -0.3 is 10.0 Å². The van der Waals surface area contributed by atoms with Gasteiger partial charge in [0.2, 0.25) is 5.91 Å². The smallest absolute Gasteiger partial charge is 0.250 e. The Bertz CT molecular complexity index is 1610. The Morgan fingerprint density at radius 3 is 2.58 bits per heavy atom. The molecule has 40 heavy (non-hydrogen) atoms. The third kappa shape index (κ3) is 5.34. The fourth-order valence-corrected chi connectivity index (χ4v) is 5.09. The van der Waals surface area contributed by atoms with Gasteiger partial charge >= 0.3 is 0 Å². The molecular weight excluding hydrogens is 585 g/mol. The van der Waals surface area contributed by atoms with Crippen molar-refractivity contribution in [3.63, 3.8) is 0 Å². The maximum absolute atomic E-state index is 14.6. The van der Waals surface area contributed by atoms with Crippen LogP contribution in [0, 0.1) is 0 Å². The molecule has 1 aliphatic rings. The molecule has 2 atom stereocenters. The third-order valence-electron chi connectivity index (χ3n) is 6.78. The Morgan fingerprint density at radius 2 is 1.90 bits per heavy atom. The van der Waals surface area contributed by atoms with E-state index in [0.717, 1.165) is 5.56 Å². The monoisotopic (exact) mass is 609 g/mol.